The Balaban J connectivity index is 2.63. The number of hydrogen-bond acceptors (Lipinski definition) is 2. The molecule has 1 rings (SSSR count). The summed E-state index contributed by atoms with van der Waals surface area (Å²) in [5.74, 6) is 0.766. The van der Waals surface area contributed by atoms with Crippen molar-refractivity contribution in [2.24, 2.45) is 0 Å². The molecule has 0 aliphatic rings. The minimum atomic E-state index is -0.230. The quantitative estimate of drug-likeness (QED) is 0.750. The molecule has 1 nitrogen and oxygen atoms in total. The second kappa shape index (κ2) is 4.68. The van der Waals surface area contributed by atoms with E-state index in [9.17, 15) is 0 Å². The summed E-state index contributed by atoms with van der Waals surface area (Å²) >= 11 is 1.70. The average Bonchev–Trinajstić information content (AvgIpc) is 2.07. The summed E-state index contributed by atoms with van der Waals surface area (Å²) in [6.07, 6.45) is -0.230. The highest BCUT2D eigenvalue weighted by molar-refractivity contribution is 7.99. The summed E-state index contributed by atoms with van der Waals surface area (Å²) in [7, 11) is 0. The molecule has 0 saturated heterocycles. The number of aliphatic hydroxyl groups excluding tert-OH is 1. The van der Waals surface area contributed by atoms with E-state index in [1.54, 1.807) is 11.8 Å². The van der Waals surface area contributed by atoms with Gasteiger partial charge in [-0.15, -0.1) is 11.8 Å². The van der Waals surface area contributed by atoms with Crippen LogP contribution in [-0.2, 0) is 0 Å². The molecule has 0 unspecified atom stereocenters. The summed E-state index contributed by atoms with van der Waals surface area (Å²) in [5.41, 5.74) is 2.64. The van der Waals surface area contributed by atoms with E-state index in [1.165, 1.54) is 16.0 Å². The summed E-state index contributed by atoms with van der Waals surface area (Å²) in [6.45, 7) is 6.04. The summed E-state index contributed by atoms with van der Waals surface area (Å²) < 4.78 is 0. The van der Waals surface area contributed by atoms with Crippen LogP contribution in [0.1, 0.15) is 18.1 Å². The molecule has 1 aromatic carbocycles. The van der Waals surface area contributed by atoms with Crippen molar-refractivity contribution in [1.29, 1.82) is 0 Å². The number of rotatable bonds is 3. The molecule has 1 aromatic rings. The molecule has 0 amide bonds. The first-order valence-electron chi connectivity index (χ1n) is 4.47. The van der Waals surface area contributed by atoms with E-state index in [-0.39, 0.29) is 6.10 Å². The molecule has 1 N–H and O–H groups in total. The maximum atomic E-state index is 9.12. The zero-order valence-corrected chi connectivity index (χ0v) is 9.19. The van der Waals surface area contributed by atoms with E-state index in [1.807, 2.05) is 6.92 Å². The van der Waals surface area contributed by atoms with Gasteiger partial charge in [0.2, 0.25) is 0 Å². The van der Waals surface area contributed by atoms with E-state index >= 15 is 0 Å². The summed E-state index contributed by atoms with van der Waals surface area (Å²) in [5, 5.41) is 9.12. The van der Waals surface area contributed by atoms with Gasteiger partial charge in [0.05, 0.1) is 6.10 Å². The third-order valence-electron chi connectivity index (χ3n) is 1.97. The molecule has 0 fully saturated rings. The van der Waals surface area contributed by atoms with Crippen LogP contribution in [0.2, 0.25) is 0 Å². The minimum Gasteiger partial charge on any atom is -0.393 e. The fraction of sp³-hybridized carbons (Fsp3) is 0.455. The number of aliphatic hydroxyl groups is 1. The van der Waals surface area contributed by atoms with E-state index in [0.29, 0.717) is 0 Å². The van der Waals surface area contributed by atoms with Crippen molar-refractivity contribution < 1.29 is 5.11 Å². The van der Waals surface area contributed by atoms with Gasteiger partial charge < -0.3 is 5.11 Å². The second-order valence-electron chi connectivity index (χ2n) is 3.41. The lowest BCUT2D eigenvalue weighted by Gasteiger charge is -2.06. The summed E-state index contributed by atoms with van der Waals surface area (Å²) in [6, 6.07) is 6.40. The second-order valence-corrected chi connectivity index (χ2v) is 4.50. The Morgan fingerprint density at radius 3 is 2.54 bits per heavy atom. The van der Waals surface area contributed by atoms with E-state index in [0.717, 1.165) is 5.75 Å². The SMILES string of the molecule is Cc1ccc(SC[C@H](C)O)cc1C. The fourth-order valence-corrected chi connectivity index (χ4v) is 1.88. The maximum Gasteiger partial charge on any atom is 0.0606 e. The van der Waals surface area contributed by atoms with Crippen molar-refractivity contribution in [2.75, 3.05) is 5.75 Å². The van der Waals surface area contributed by atoms with Gasteiger partial charge in [-0.3, -0.25) is 0 Å². The highest BCUT2D eigenvalue weighted by Crippen LogP contribution is 2.21. The number of thioether (sulfide) groups is 1. The Hall–Kier alpha value is -0.470. The van der Waals surface area contributed by atoms with Crippen LogP contribution >= 0.6 is 11.8 Å². The third-order valence-corrected chi connectivity index (χ3v) is 3.21. The van der Waals surface area contributed by atoms with E-state index in [2.05, 4.69) is 32.0 Å². The Morgan fingerprint density at radius 2 is 2.00 bits per heavy atom. The highest BCUT2D eigenvalue weighted by Gasteiger charge is 1.99. The molecule has 0 bridgehead atoms. The molecule has 72 valence electrons. The van der Waals surface area contributed by atoms with Gasteiger partial charge in [-0.05, 0) is 44.0 Å². The Labute approximate surface area is 84.2 Å². The molecule has 1 atom stereocenters. The van der Waals surface area contributed by atoms with Crippen LogP contribution < -0.4 is 0 Å². The monoisotopic (exact) mass is 196 g/mol. The van der Waals surface area contributed by atoms with Gasteiger partial charge in [0.1, 0.15) is 0 Å². The minimum absolute atomic E-state index is 0.230. The Morgan fingerprint density at radius 1 is 1.31 bits per heavy atom. The van der Waals surface area contributed by atoms with E-state index in [4.69, 9.17) is 5.11 Å². The molecule has 0 aliphatic heterocycles. The number of aryl methyl sites for hydroxylation is 2. The standard InChI is InChI=1S/C11H16OS/c1-8-4-5-11(6-9(8)2)13-7-10(3)12/h4-6,10,12H,7H2,1-3H3/t10-/m0/s1. The lowest BCUT2D eigenvalue weighted by Crippen LogP contribution is -2.02. The first-order valence-corrected chi connectivity index (χ1v) is 5.46. The molecule has 0 saturated carbocycles. The van der Waals surface area contributed by atoms with Crippen LogP contribution in [0.25, 0.3) is 0 Å². The first kappa shape index (κ1) is 10.6. The number of benzene rings is 1. The van der Waals surface area contributed by atoms with Gasteiger partial charge in [-0.2, -0.15) is 0 Å². The van der Waals surface area contributed by atoms with Gasteiger partial charge >= 0.3 is 0 Å². The lowest BCUT2D eigenvalue weighted by molar-refractivity contribution is 0.220. The molecule has 2 heteroatoms. The van der Waals surface area contributed by atoms with Gasteiger partial charge in [0.15, 0.2) is 0 Å². The third kappa shape index (κ3) is 3.41. The molecule has 0 heterocycles. The van der Waals surface area contributed by atoms with Crippen molar-refractivity contribution in [3.63, 3.8) is 0 Å². The average molecular weight is 196 g/mol. The highest BCUT2D eigenvalue weighted by atomic mass is 32.2. The molecular formula is C11H16OS. The largest absolute Gasteiger partial charge is 0.393 e. The van der Waals surface area contributed by atoms with Gasteiger partial charge in [0.25, 0.3) is 0 Å². The molecule has 13 heavy (non-hydrogen) atoms. The van der Waals surface area contributed by atoms with Crippen LogP contribution in [0, 0.1) is 13.8 Å². The van der Waals surface area contributed by atoms with Crippen molar-refractivity contribution in [1.82, 2.24) is 0 Å². The Kier molecular flexibility index (Phi) is 3.82. The molecule has 0 aromatic heterocycles. The van der Waals surface area contributed by atoms with Crippen LogP contribution in [0.4, 0.5) is 0 Å². The molecular weight excluding hydrogens is 180 g/mol. The predicted molar refractivity (Wildman–Crippen MR) is 58.3 cm³/mol. The smallest absolute Gasteiger partial charge is 0.0606 e. The molecule has 0 radical (unpaired) electrons. The number of hydrogen-bond donors (Lipinski definition) is 1. The van der Waals surface area contributed by atoms with Crippen molar-refractivity contribution >= 4 is 11.8 Å². The van der Waals surface area contributed by atoms with Crippen molar-refractivity contribution in [2.45, 2.75) is 31.8 Å². The van der Waals surface area contributed by atoms with Crippen molar-refractivity contribution in [3.05, 3.63) is 29.3 Å². The van der Waals surface area contributed by atoms with Crippen molar-refractivity contribution in [3.8, 4) is 0 Å². The Bertz CT molecular complexity index is 281. The zero-order chi connectivity index (χ0) is 9.84. The van der Waals surface area contributed by atoms with Crippen LogP contribution in [-0.4, -0.2) is 17.0 Å². The first-order chi connectivity index (χ1) is 6.09. The topological polar surface area (TPSA) is 20.2 Å². The van der Waals surface area contributed by atoms with Crippen LogP contribution in [0.3, 0.4) is 0 Å². The zero-order valence-electron chi connectivity index (χ0n) is 8.37. The van der Waals surface area contributed by atoms with Crippen LogP contribution in [0.5, 0.6) is 0 Å². The maximum absolute atomic E-state index is 9.12. The predicted octanol–water partition coefficient (Wildman–Crippen LogP) is 2.78. The van der Waals surface area contributed by atoms with E-state index < -0.39 is 0 Å². The van der Waals surface area contributed by atoms with Gasteiger partial charge in [-0.25, -0.2) is 0 Å². The summed E-state index contributed by atoms with van der Waals surface area (Å²) in [4.78, 5) is 1.24. The van der Waals surface area contributed by atoms with Gasteiger partial charge in [-0.1, -0.05) is 6.07 Å². The molecule has 0 spiro atoms. The normalized spacial score (nSPS) is 12.9. The fourth-order valence-electron chi connectivity index (χ4n) is 1.02. The van der Waals surface area contributed by atoms with Crippen LogP contribution in [0.15, 0.2) is 23.1 Å². The van der Waals surface area contributed by atoms with Gasteiger partial charge in [0, 0.05) is 10.6 Å². The molecule has 0 aliphatic carbocycles. The lowest BCUT2D eigenvalue weighted by atomic mass is 10.1.